The van der Waals surface area contributed by atoms with Crippen molar-refractivity contribution in [3.8, 4) is 0 Å². The summed E-state index contributed by atoms with van der Waals surface area (Å²) in [6, 6.07) is 7.95. The summed E-state index contributed by atoms with van der Waals surface area (Å²) in [4.78, 5) is 14.7. The molecule has 1 amide bonds. The third-order valence-electron chi connectivity index (χ3n) is 4.54. The Bertz CT molecular complexity index is 724. The molecular formula is C18H24ClN5O. The first kappa shape index (κ1) is 17.9. The molecule has 0 aliphatic carbocycles. The van der Waals surface area contributed by atoms with Gasteiger partial charge in [0.1, 0.15) is 0 Å². The highest BCUT2D eigenvalue weighted by Gasteiger charge is 2.24. The Labute approximate surface area is 153 Å². The lowest BCUT2D eigenvalue weighted by Crippen LogP contribution is -2.36. The molecular weight excluding hydrogens is 338 g/mol. The number of halogens is 1. The third kappa shape index (κ3) is 4.38. The van der Waals surface area contributed by atoms with Crippen LogP contribution in [0.15, 0.2) is 30.5 Å². The van der Waals surface area contributed by atoms with E-state index in [0.29, 0.717) is 23.3 Å². The van der Waals surface area contributed by atoms with E-state index in [1.54, 1.807) is 11.1 Å². The van der Waals surface area contributed by atoms with Crippen LogP contribution >= 0.6 is 11.6 Å². The maximum atomic E-state index is 12.9. The fourth-order valence-electron chi connectivity index (χ4n) is 3.09. The van der Waals surface area contributed by atoms with Crippen molar-refractivity contribution in [3.63, 3.8) is 0 Å². The van der Waals surface area contributed by atoms with Crippen molar-refractivity contribution in [2.75, 3.05) is 13.1 Å². The lowest BCUT2D eigenvalue weighted by Gasteiger charge is -2.26. The van der Waals surface area contributed by atoms with Crippen LogP contribution in [-0.4, -0.2) is 44.9 Å². The molecule has 134 valence electrons. The van der Waals surface area contributed by atoms with E-state index < -0.39 is 0 Å². The van der Waals surface area contributed by atoms with Gasteiger partial charge in [0.05, 0.1) is 12.2 Å². The first-order valence-electron chi connectivity index (χ1n) is 8.72. The molecule has 1 aromatic carbocycles. The van der Waals surface area contributed by atoms with Gasteiger partial charge in [-0.2, -0.15) is 0 Å². The number of nitrogens with one attached hydrogen (secondary N) is 1. The molecule has 2 heterocycles. The second-order valence-corrected chi connectivity index (χ2v) is 7.16. The zero-order valence-corrected chi connectivity index (χ0v) is 15.4. The van der Waals surface area contributed by atoms with Gasteiger partial charge < -0.3 is 10.2 Å². The maximum absolute atomic E-state index is 12.9. The maximum Gasteiger partial charge on any atom is 0.276 e. The molecule has 6 nitrogen and oxygen atoms in total. The molecule has 0 bridgehead atoms. The molecule has 1 saturated heterocycles. The molecule has 1 fully saturated rings. The predicted octanol–water partition coefficient (Wildman–Crippen LogP) is 2.91. The number of amides is 1. The molecule has 0 atom stereocenters. The molecule has 1 aliphatic heterocycles. The Morgan fingerprint density at radius 2 is 2.16 bits per heavy atom. The number of aromatic nitrogens is 3. The molecule has 1 N–H and O–H groups in total. The molecule has 0 saturated carbocycles. The summed E-state index contributed by atoms with van der Waals surface area (Å²) >= 11 is 6.06. The average Bonchev–Trinajstić information content (AvgIpc) is 3.10. The van der Waals surface area contributed by atoms with Gasteiger partial charge >= 0.3 is 0 Å². The number of hydrogen-bond acceptors (Lipinski definition) is 4. The Kier molecular flexibility index (Phi) is 5.71. The second kappa shape index (κ2) is 7.97. The number of carbonyl (C=O) groups is 1. The standard InChI is InChI=1S/C18H24ClN5O/c1-13(2)23(11-14-4-3-5-15(19)10-14)18(25)17-12-24(22-21-17)16-6-8-20-9-7-16/h3-5,10,12-13,16,20H,6-9,11H2,1-2H3. The van der Waals surface area contributed by atoms with Gasteiger partial charge in [-0.15, -0.1) is 5.10 Å². The number of hydrogen-bond donors (Lipinski definition) is 1. The molecule has 0 spiro atoms. The Morgan fingerprint density at radius 3 is 2.84 bits per heavy atom. The lowest BCUT2D eigenvalue weighted by atomic mass is 10.1. The number of rotatable bonds is 5. The summed E-state index contributed by atoms with van der Waals surface area (Å²) in [5.74, 6) is -0.102. The fraction of sp³-hybridized carbons (Fsp3) is 0.500. The third-order valence-corrected chi connectivity index (χ3v) is 4.77. The van der Waals surface area contributed by atoms with Crippen LogP contribution in [0.2, 0.25) is 5.02 Å². The van der Waals surface area contributed by atoms with Crippen LogP contribution in [0.3, 0.4) is 0 Å². The van der Waals surface area contributed by atoms with Crippen LogP contribution in [0.1, 0.15) is 48.8 Å². The smallest absolute Gasteiger partial charge is 0.276 e. The van der Waals surface area contributed by atoms with E-state index >= 15 is 0 Å². The number of nitrogens with zero attached hydrogens (tertiary/aromatic N) is 4. The van der Waals surface area contributed by atoms with Crippen molar-refractivity contribution < 1.29 is 4.79 Å². The van der Waals surface area contributed by atoms with Crippen molar-refractivity contribution in [3.05, 3.63) is 46.7 Å². The minimum atomic E-state index is -0.102. The SMILES string of the molecule is CC(C)N(Cc1cccc(Cl)c1)C(=O)c1cn(C2CCNCC2)nn1. The Hall–Kier alpha value is -1.92. The van der Waals surface area contributed by atoms with Gasteiger partial charge in [0.15, 0.2) is 5.69 Å². The summed E-state index contributed by atoms with van der Waals surface area (Å²) in [6.45, 7) is 6.44. The zero-order chi connectivity index (χ0) is 17.8. The summed E-state index contributed by atoms with van der Waals surface area (Å²) in [7, 11) is 0. The molecule has 1 aromatic heterocycles. The summed E-state index contributed by atoms with van der Waals surface area (Å²) in [5, 5.41) is 12.3. The predicted molar refractivity (Wildman–Crippen MR) is 97.6 cm³/mol. The van der Waals surface area contributed by atoms with Crippen LogP contribution in [0.25, 0.3) is 0 Å². The van der Waals surface area contributed by atoms with Crippen LogP contribution < -0.4 is 5.32 Å². The van der Waals surface area contributed by atoms with Gasteiger partial charge in [-0.25, -0.2) is 4.68 Å². The van der Waals surface area contributed by atoms with Crippen molar-refractivity contribution >= 4 is 17.5 Å². The van der Waals surface area contributed by atoms with Gasteiger partial charge in [-0.1, -0.05) is 28.9 Å². The van der Waals surface area contributed by atoms with Gasteiger partial charge in [-0.05, 0) is 57.5 Å². The Balaban J connectivity index is 1.75. The van der Waals surface area contributed by atoms with E-state index in [4.69, 9.17) is 11.6 Å². The second-order valence-electron chi connectivity index (χ2n) is 6.72. The molecule has 0 radical (unpaired) electrons. The van der Waals surface area contributed by atoms with Crippen molar-refractivity contribution in [2.24, 2.45) is 0 Å². The van der Waals surface area contributed by atoms with E-state index in [0.717, 1.165) is 31.5 Å². The molecule has 2 aromatic rings. The van der Waals surface area contributed by atoms with E-state index in [1.165, 1.54) is 0 Å². The quantitative estimate of drug-likeness (QED) is 0.889. The van der Waals surface area contributed by atoms with Crippen LogP contribution in [0.4, 0.5) is 0 Å². The van der Waals surface area contributed by atoms with Crippen LogP contribution in [0, 0.1) is 0 Å². The van der Waals surface area contributed by atoms with Crippen LogP contribution in [0.5, 0.6) is 0 Å². The number of piperidine rings is 1. The molecule has 3 rings (SSSR count). The van der Waals surface area contributed by atoms with Gasteiger partial charge in [0.25, 0.3) is 5.91 Å². The van der Waals surface area contributed by atoms with Crippen LogP contribution in [-0.2, 0) is 6.54 Å². The summed E-state index contributed by atoms with van der Waals surface area (Å²) in [6.07, 6.45) is 3.80. The largest absolute Gasteiger partial charge is 0.330 e. The minimum Gasteiger partial charge on any atom is -0.330 e. The normalized spacial score (nSPS) is 15.5. The molecule has 7 heteroatoms. The van der Waals surface area contributed by atoms with Crippen molar-refractivity contribution in [1.82, 2.24) is 25.2 Å². The number of benzene rings is 1. The first-order valence-corrected chi connectivity index (χ1v) is 9.10. The molecule has 25 heavy (non-hydrogen) atoms. The van der Waals surface area contributed by atoms with E-state index in [1.807, 2.05) is 42.8 Å². The highest BCUT2D eigenvalue weighted by atomic mass is 35.5. The monoisotopic (exact) mass is 361 g/mol. The lowest BCUT2D eigenvalue weighted by molar-refractivity contribution is 0.0684. The van der Waals surface area contributed by atoms with E-state index in [9.17, 15) is 4.79 Å². The summed E-state index contributed by atoms with van der Waals surface area (Å²) < 4.78 is 1.84. The van der Waals surface area contributed by atoms with Gasteiger partial charge in [-0.3, -0.25) is 4.79 Å². The zero-order valence-electron chi connectivity index (χ0n) is 14.7. The van der Waals surface area contributed by atoms with E-state index in [-0.39, 0.29) is 11.9 Å². The van der Waals surface area contributed by atoms with Crippen molar-refractivity contribution in [2.45, 2.75) is 45.3 Å². The van der Waals surface area contributed by atoms with Crippen molar-refractivity contribution in [1.29, 1.82) is 0 Å². The van der Waals surface area contributed by atoms with E-state index in [2.05, 4.69) is 15.6 Å². The van der Waals surface area contributed by atoms with Gasteiger partial charge in [0, 0.05) is 17.6 Å². The molecule has 0 unspecified atom stereocenters. The highest BCUT2D eigenvalue weighted by molar-refractivity contribution is 6.30. The minimum absolute atomic E-state index is 0.0514. The fourth-order valence-corrected chi connectivity index (χ4v) is 3.31. The summed E-state index contributed by atoms with van der Waals surface area (Å²) in [5.41, 5.74) is 1.40. The Morgan fingerprint density at radius 1 is 1.40 bits per heavy atom. The average molecular weight is 362 g/mol. The van der Waals surface area contributed by atoms with Gasteiger partial charge in [0.2, 0.25) is 0 Å². The first-order chi connectivity index (χ1) is 12.0. The topological polar surface area (TPSA) is 63.1 Å². The highest BCUT2D eigenvalue weighted by Crippen LogP contribution is 2.19. The number of carbonyl (C=O) groups excluding carboxylic acids is 1. The molecule has 1 aliphatic rings.